The van der Waals surface area contributed by atoms with Crippen LogP contribution in [0, 0.1) is 18.3 Å². The number of nitrogens with zero attached hydrogens (tertiary/aromatic N) is 6. The van der Waals surface area contributed by atoms with Gasteiger partial charge in [-0.05, 0) is 96.3 Å². The van der Waals surface area contributed by atoms with Crippen molar-refractivity contribution in [1.29, 1.82) is 5.26 Å². The number of aryl methyl sites for hydroxylation is 2. The van der Waals surface area contributed by atoms with Crippen molar-refractivity contribution in [2.75, 3.05) is 13.1 Å². The number of hydrogen-bond acceptors (Lipinski definition) is 8. The third-order valence-electron chi connectivity index (χ3n) is 9.39. The zero-order valence-corrected chi connectivity index (χ0v) is 29.9. The summed E-state index contributed by atoms with van der Waals surface area (Å²) in [6.45, 7) is 13.2. The van der Waals surface area contributed by atoms with Gasteiger partial charge in [0.2, 0.25) is 0 Å². The number of carbonyl (C=O) groups excluding carboxylic acids is 1. The molecule has 0 aliphatic carbocycles. The summed E-state index contributed by atoms with van der Waals surface area (Å²) in [6.07, 6.45) is 4.50. The van der Waals surface area contributed by atoms with E-state index in [1.807, 2.05) is 58.4 Å². The molecular weight excluding hydrogens is 653 g/mol. The molecule has 0 saturated carbocycles. The van der Waals surface area contributed by atoms with Gasteiger partial charge < -0.3 is 14.4 Å². The van der Waals surface area contributed by atoms with Gasteiger partial charge in [0.05, 0.1) is 22.3 Å². The average Bonchev–Trinajstić information content (AvgIpc) is 3.84. The van der Waals surface area contributed by atoms with E-state index in [0.29, 0.717) is 46.6 Å². The van der Waals surface area contributed by atoms with Crippen LogP contribution in [0.4, 0.5) is 4.79 Å². The summed E-state index contributed by atoms with van der Waals surface area (Å²) < 4.78 is 42.8. The van der Waals surface area contributed by atoms with E-state index in [9.17, 15) is 18.5 Å². The van der Waals surface area contributed by atoms with Crippen molar-refractivity contribution in [1.82, 2.24) is 23.6 Å². The third-order valence-corrected chi connectivity index (χ3v) is 11.1. The highest BCUT2D eigenvalue weighted by Gasteiger charge is 2.47. The smallest absolute Gasteiger partial charge is 0.410 e. The number of ether oxygens (including phenoxy) is 2. The Balaban J connectivity index is 1.31. The van der Waals surface area contributed by atoms with E-state index in [2.05, 4.69) is 12.1 Å². The van der Waals surface area contributed by atoms with Crippen molar-refractivity contribution in [3.05, 3.63) is 83.8 Å². The van der Waals surface area contributed by atoms with Crippen LogP contribution in [0.3, 0.4) is 0 Å². The number of likely N-dealkylation sites (tertiary alicyclic amines) is 1. The predicted molar refractivity (Wildman–Crippen MR) is 189 cm³/mol. The van der Waals surface area contributed by atoms with Crippen molar-refractivity contribution in [2.45, 2.75) is 82.9 Å². The lowest BCUT2D eigenvalue weighted by Gasteiger charge is -2.26. The SMILES string of the molecule is Cc1ccc(S(=O)(=O)n2cc(-c3ccc(OC(C)C)c(C#N)c3)c3cc(-c4cc5n(n4)CCC54CCN(C(=O)OC(C)(C)C)C4)cnc32)cc1. The number of pyridine rings is 1. The van der Waals surface area contributed by atoms with Crippen molar-refractivity contribution in [3.63, 3.8) is 0 Å². The molecule has 1 spiro atoms. The Hall–Kier alpha value is -5.15. The number of aromatic nitrogens is 4. The largest absolute Gasteiger partial charge is 0.490 e. The molecule has 1 fully saturated rings. The molecule has 2 aromatic carbocycles. The van der Waals surface area contributed by atoms with Crippen molar-refractivity contribution >= 4 is 27.1 Å². The van der Waals surface area contributed by atoms with Gasteiger partial charge in [-0.3, -0.25) is 4.68 Å². The first-order valence-corrected chi connectivity index (χ1v) is 18.2. The molecule has 5 heterocycles. The minimum absolute atomic E-state index is 0.124. The fraction of sp³-hybridized carbons (Fsp3) is 0.368. The number of hydrogen-bond donors (Lipinski definition) is 0. The van der Waals surface area contributed by atoms with E-state index < -0.39 is 15.6 Å². The Kier molecular flexibility index (Phi) is 8.02. The Bertz CT molecular complexity index is 2290. The van der Waals surface area contributed by atoms with Gasteiger partial charge in [0.15, 0.2) is 5.65 Å². The first kappa shape index (κ1) is 33.4. The summed E-state index contributed by atoms with van der Waals surface area (Å²) in [5.41, 5.74) is 4.52. The molecule has 2 aliphatic rings. The monoisotopic (exact) mass is 692 g/mol. The predicted octanol–water partition coefficient (Wildman–Crippen LogP) is 7.05. The zero-order chi connectivity index (χ0) is 35.6. The lowest BCUT2D eigenvalue weighted by Crippen LogP contribution is -2.37. The van der Waals surface area contributed by atoms with Gasteiger partial charge in [-0.25, -0.2) is 22.2 Å². The van der Waals surface area contributed by atoms with E-state index in [1.54, 1.807) is 53.7 Å². The summed E-state index contributed by atoms with van der Waals surface area (Å²) in [5.74, 6) is 0.458. The van der Waals surface area contributed by atoms with Crippen LogP contribution in [0.1, 0.15) is 64.3 Å². The molecule has 11 nitrogen and oxygen atoms in total. The van der Waals surface area contributed by atoms with Crippen LogP contribution in [-0.4, -0.2) is 62.9 Å². The number of benzene rings is 2. The number of carbonyl (C=O) groups is 1. The molecule has 1 atom stereocenters. The molecule has 7 rings (SSSR count). The first-order chi connectivity index (χ1) is 23.7. The highest BCUT2D eigenvalue weighted by atomic mass is 32.2. The fourth-order valence-corrected chi connectivity index (χ4v) is 8.29. The highest BCUT2D eigenvalue weighted by Crippen LogP contribution is 2.44. The molecule has 0 N–H and O–H groups in total. The van der Waals surface area contributed by atoms with Gasteiger partial charge in [0.1, 0.15) is 17.4 Å². The van der Waals surface area contributed by atoms with Crippen LogP contribution in [-0.2, 0) is 26.7 Å². The van der Waals surface area contributed by atoms with Gasteiger partial charge >= 0.3 is 6.09 Å². The van der Waals surface area contributed by atoms with Crippen molar-refractivity contribution < 1.29 is 22.7 Å². The Morgan fingerprint density at radius 2 is 1.76 bits per heavy atom. The number of fused-ring (bicyclic) bond motifs is 3. The number of amides is 1. The molecule has 1 amide bonds. The van der Waals surface area contributed by atoms with E-state index in [-0.39, 0.29) is 28.2 Å². The molecule has 3 aromatic heterocycles. The average molecular weight is 693 g/mol. The highest BCUT2D eigenvalue weighted by molar-refractivity contribution is 7.90. The third kappa shape index (κ3) is 5.89. The summed E-state index contributed by atoms with van der Waals surface area (Å²) in [6, 6.07) is 18.2. The molecule has 1 saturated heterocycles. The van der Waals surface area contributed by atoms with E-state index >= 15 is 0 Å². The maximum absolute atomic E-state index is 14.0. The van der Waals surface area contributed by atoms with Crippen LogP contribution in [0.2, 0.25) is 0 Å². The summed E-state index contributed by atoms with van der Waals surface area (Å²) in [7, 11) is -4.02. The van der Waals surface area contributed by atoms with Crippen LogP contribution in [0.15, 0.2) is 71.9 Å². The molecule has 0 bridgehead atoms. The van der Waals surface area contributed by atoms with Gasteiger partial charge in [-0.15, -0.1) is 0 Å². The van der Waals surface area contributed by atoms with Crippen LogP contribution < -0.4 is 4.74 Å². The lowest BCUT2D eigenvalue weighted by molar-refractivity contribution is 0.0284. The number of rotatable bonds is 6. The van der Waals surface area contributed by atoms with Crippen molar-refractivity contribution in [3.8, 4) is 34.2 Å². The summed E-state index contributed by atoms with van der Waals surface area (Å²) in [4.78, 5) is 19.6. The van der Waals surface area contributed by atoms with E-state index in [1.165, 1.54) is 3.97 Å². The molecule has 0 radical (unpaired) electrons. The molecule has 258 valence electrons. The van der Waals surface area contributed by atoms with E-state index in [4.69, 9.17) is 19.6 Å². The second-order valence-corrected chi connectivity index (χ2v) is 16.4. The maximum atomic E-state index is 14.0. The topological polar surface area (TPSA) is 132 Å². The molecule has 50 heavy (non-hydrogen) atoms. The Morgan fingerprint density at radius 1 is 1.02 bits per heavy atom. The van der Waals surface area contributed by atoms with Crippen molar-refractivity contribution in [2.24, 2.45) is 0 Å². The second-order valence-electron chi connectivity index (χ2n) is 14.6. The lowest BCUT2D eigenvalue weighted by atomic mass is 9.82. The van der Waals surface area contributed by atoms with Crippen LogP contribution in [0.25, 0.3) is 33.4 Å². The second kappa shape index (κ2) is 12.0. The fourth-order valence-electron chi connectivity index (χ4n) is 6.97. The quantitative estimate of drug-likeness (QED) is 0.185. The number of nitriles is 1. The zero-order valence-electron chi connectivity index (χ0n) is 29.1. The maximum Gasteiger partial charge on any atom is 0.410 e. The summed E-state index contributed by atoms with van der Waals surface area (Å²) >= 11 is 0. The summed E-state index contributed by atoms with van der Waals surface area (Å²) in [5, 5.41) is 15.5. The van der Waals surface area contributed by atoms with Crippen LogP contribution in [0.5, 0.6) is 5.75 Å². The Labute approximate surface area is 292 Å². The first-order valence-electron chi connectivity index (χ1n) is 16.8. The Morgan fingerprint density at radius 3 is 2.46 bits per heavy atom. The normalized spacial score (nSPS) is 17.4. The van der Waals surface area contributed by atoms with Gasteiger partial charge in [-0.1, -0.05) is 23.8 Å². The minimum atomic E-state index is -4.02. The minimum Gasteiger partial charge on any atom is -0.490 e. The van der Waals surface area contributed by atoms with Gasteiger partial charge in [0, 0.05) is 59.7 Å². The van der Waals surface area contributed by atoms with E-state index in [0.717, 1.165) is 36.2 Å². The molecule has 2 aliphatic heterocycles. The molecule has 12 heteroatoms. The molecular formula is C38H40N6O5S. The van der Waals surface area contributed by atoms with Crippen LogP contribution >= 0.6 is 0 Å². The standard InChI is InChI=1S/C38H40N6O5S/c1-24(2)48-33-12-9-26(17-27(33)20-39)31-22-44(50(46,47)29-10-7-25(3)8-11-29)35-30(31)18-28(21-40-35)32-19-34-38(14-16-43(34)41-32)13-15-42(23-38)36(45)49-37(4,5)6/h7-12,17-19,21-22,24H,13-16,23H2,1-6H3. The molecule has 1 unspecified atom stereocenters. The van der Waals surface area contributed by atoms with Gasteiger partial charge in [0.25, 0.3) is 10.0 Å². The van der Waals surface area contributed by atoms with Gasteiger partial charge in [-0.2, -0.15) is 10.4 Å². The molecule has 5 aromatic rings.